The van der Waals surface area contributed by atoms with E-state index in [-0.39, 0.29) is 6.61 Å². The molecule has 0 spiro atoms. The maximum atomic E-state index is 9.03. The second-order valence-corrected chi connectivity index (χ2v) is 3.84. The van der Waals surface area contributed by atoms with E-state index in [9.17, 15) is 0 Å². The number of rotatable bonds is 4. The van der Waals surface area contributed by atoms with Gasteiger partial charge in [0.1, 0.15) is 0 Å². The molecule has 0 saturated heterocycles. The Labute approximate surface area is 94.3 Å². The number of para-hydroxylation sites is 2. The van der Waals surface area contributed by atoms with Gasteiger partial charge in [0.05, 0.1) is 17.6 Å². The monoisotopic (exact) mass is 219 g/mol. The van der Waals surface area contributed by atoms with E-state index in [0.29, 0.717) is 12.2 Å². The predicted molar refractivity (Wildman–Crippen MR) is 63.2 cm³/mol. The van der Waals surface area contributed by atoms with Gasteiger partial charge in [0.25, 0.3) is 0 Å². The molecule has 4 heteroatoms. The van der Waals surface area contributed by atoms with Crippen molar-refractivity contribution >= 4 is 11.0 Å². The van der Waals surface area contributed by atoms with Crippen molar-refractivity contribution in [1.82, 2.24) is 9.13 Å². The summed E-state index contributed by atoms with van der Waals surface area (Å²) in [6.07, 6.45) is 1.00. The highest BCUT2D eigenvalue weighted by atomic mass is 16.3. The van der Waals surface area contributed by atoms with Crippen molar-refractivity contribution in [2.75, 3.05) is 6.61 Å². The van der Waals surface area contributed by atoms with E-state index < -0.39 is 0 Å². The van der Waals surface area contributed by atoms with Gasteiger partial charge in [0.2, 0.25) is 5.62 Å². The molecular formula is C12H17N3O. The summed E-state index contributed by atoms with van der Waals surface area (Å²) >= 11 is 0. The van der Waals surface area contributed by atoms with Crippen LogP contribution in [0.15, 0.2) is 24.3 Å². The summed E-state index contributed by atoms with van der Waals surface area (Å²) in [7, 11) is 0. The molecule has 0 unspecified atom stereocenters. The molecule has 1 aromatic heterocycles. The fourth-order valence-electron chi connectivity index (χ4n) is 2.07. The van der Waals surface area contributed by atoms with Crippen LogP contribution in [0, 0.1) is 5.41 Å². The Balaban J connectivity index is 2.70. The van der Waals surface area contributed by atoms with Crippen molar-refractivity contribution in [1.29, 1.82) is 5.41 Å². The molecule has 2 N–H and O–H groups in total. The minimum atomic E-state index is 0.0662. The lowest BCUT2D eigenvalue weighted by Crippen LogP contribution is -2.25. The number of aliphatic hydroxyl groups excluding tert-OH is 1. The molecule has 1 heterocycles. The molecule has 0 fully saturated rings. The SMILES string of the molecule is CCCn1c(=N)n(CCO)c2ccccc21. The Morgan fingerprint density at radius 1 is 1.12 bits per heavy atom. The van der Waals surface area contributed by atoms with Gasteiger partial charge in [0.15, 0.2) is 0 Å². The van der Waals surface area contributed by atoms with Crippen molar-refractivity contribution in [3.8, 4) is 0 Å². The number of aliphatic hydroxyl groups is 1. The average molecular weight is 219 g/mol. The highest BCUT2D eigenvalue weighted by Crippen LogP contribution is 2.12. The Kier molecular flexibility index (Phi) is 3.10. The van der Waals surface area contributed by atoms with E-state index in [2.05, 4.69) is 6.92 Å². The van der Waals surface area contributed by atoms with Gasteiger partial charge >= 0.3 is 0 Å². The maximum Gasteiger partial charge on any atom is 0.203 e. The second kappa shape index (κ2) is 4.53. The van der Waals surface area contributed by atoms with Crippen LogP contribution in [0.4, 0.5) is 0 Å². The van der Waals surface area contributed by atoms with Gasteiger partial charge in [-0.3, -0.25) is 5.41 Å². The lowest BCUT2D eigenvalue weighted by molar-refractivity contribution is 0.274. The summed E-state index contributed by atoms with van der Waals surface area (Å²) in [6.45, 7) is 3.50. The van der Waals surface area contributed by atoms with Gasteiger partial charge in [-0.05, 0) is 18.6 Å². The fraction of sp³-hybridized carbons (Fsp3) is 0.417. The third-order valence-electron chi connectivity index (χ3n) is 2.75. The standard InChI is InChI=1S/C12H17N3O/c1-2-7-14-10-5-3-4-6-11(10)15(8-9-16)12(14)13/h3-6,13,16H,2,7-9H2,1H3. The molecule has 0 atom stereocenters. The summed E-state index contributed by atoms with van der Waals surface area (Å²) < 4.78 is 3.84. The average Bonchev–Trinajstić information content (AvgIpc) is 2.56. The number of nitrogens with zero attached hydrogens (tertiary/aromatic N) is 2. The zero-order chi connectivity index (χ0) is 11.5. The Bertz CT molecular complexity index is 493. The summed E-state index contributed by atoms with van der Waals surface area (Å²) in [5.41, 5.74) is 2.56. The van der Waals surface area contributed by atoms with Crippen LogP contribution in [0.3, 0.4) is 0 Å². The van der Waals surface area contributed by atoms with Crippen molar-refractivity contribution in [2.24, 2.45) is 0 Å². The quantitative estimate of drug-likeness (QED) is 0.800. The molecule has 2 aromatic rings. The highest BCUT2D eigenvalue weighted by molar-refractivity contribution is 5.75. The lowest BCUT2D eigenvalue weighted by atomic mass is 10.3. The molecule has 0 aliphatic heterocycles. The van der Waals surface area contributed by atoms with Crippen molar-refractivity contribution in [3.63, 3.8) is 0 Å². The Morgan fingerprint density at radius 3 is 2.19 bits per heavy atom. The first kappa shape index (κ1) is 11.0. The van der Waals surface area contributed by atoms with Crippen LogP contribution in [-0.2, 0) is 13.1 Å². The van der Waals surface area contributed by atoms with Gasteiger partial charge in [-0.2, -0.15) is 0 Å². The Hall–Kier alpha value is -1.55. The van der Waals surface area contributed by atoms with E-state index >= 15 is 0 Å². The summed E-state index contributed by atoms with van der Waals surface area (Å²) in [4.78, 5) is 0. The van der Waals surface area contributed by atoms with E-state index in [1.807, 2.05) is 33.4 Å². The predicted octanol–water partition coefficient (Wildman–Crippen LogP) is 1.32. The topological polar surface area (TPSA) is 53.9 Å². The van der Waals surface area contributed by atoms with Crippen LogP contribution >= 0.6 is 0 Å². The van der Waals surface area contributed by atoms with Gasteiger partial charge < -0.3 is 14.2 Å². The first-order chi connectivity index (χ1) is 7.79. The number of hydrogen-bond acceptors (Lipinski definition) is 2. The molecule has 0 amide bonds. The molecule has 0 radical (unpaired) electrons. The molecular weight excluding hydrogens is 202 g/mol. The van der Waals surface area contributed by atoms with Crippen LogP contribution < -0.4 is 5.62 Å². The van der Waals surface area contributed by atoms with Crippen molar-refractivity contribution in [3.05, 3.63) is 29.9 Å². The normalized spacial score (nSPS) is 11.1. The molecule has 0 bridgehead atoms. The number of imidazole rings is 1. The molecule has 16 heavy (non-hydrogen) atoms. The molecule has 2 rings (SSSR count). The van der Waals surface area contributed by atoms with Crippen molar-refractivity contribution < 1.29 is 5.11 Å². The smallest absolute Gasteiger partial charge is 0.203 e. The van der Waals surface area contributed by atoms with Crippen LogP contribution in [-0.4, -0.2) is 20.8 Å². The Morgan fingerprint density at radius 2 is 1.69 bits per heavy atom. The fourth-order valence-corrected chi connectivity index (χ4v) is 2.07. The van der Waals surface area contributed by atoms with E-state index in [4.69, 9.17) is 10.5 Å². The minimum Gasteiger partial charge on any atom is -0.395 e. The van der Waals surface area contributed by atoms with Crippen LogP contribution in [0.2, 0.25) is 0 Å². The number of aryl methyl sites for hydroxylation is 1. The van der Waals surface area contributed by atoms with Crippen molar-refractivity contribution in [2.45, 2.75) is 26.4 Å². The van der Waals surface area contributed by atoms with E-state index in [1.165, 1.54) is 0 Å². The summed E-state index contributed by atoms with van der Waals surface area (Å²) in [5.74, 6) is 0. The van der Waals surface area contributed by atoms with Crippen LogP contribution in [0.1, 0.15) is 13.3 Å². The molecule has 0 aliphatic rings. The minimum absolute atomic E-state index is 0.0662. The van der Waals surface area contributed by atoms with Gasteiger partial charge in [0, 0.05) is 13.1 Å². The van der Waals surface area contributed by atoms with Gasteiger partial charge in [-0.25, -0.2) is 0 Å². The van der Waals surface area contributed by atoms with Gasteiger partial charge in [-0.1, -0.05) is 19.1 Å². The number of nitrogens with one attached hydrogen (secondary N) is 1. The van der Waals surface area contributed by atoms with Crippen LogP contribution in [0.25, 0.3) is 11.0 Å². The van der Waals surface area contributed by atoms with E-state index in [1.54, 1.807) is 0 Å². The summed E-state index contributed by atoms with van der Waals surface area (Å²) in [6, 6.07) is 7.97. The molecule has 0 aliphatic carbocycles. The lowest BCUT2D eigenvalue weighted by Gasteiger charge is -2.01. The van der Waals surface area contributed by atoms with Gasteiger partial charge in [-0.15, -0.1) is 0 Å². The summed E-state index contributed by atoms with van der Waals surface area (Å²) in [5, 5.41) is 17.1. The zero-order valence-corrected chi connectivity index (χ0v) is 9.48. The number of hydrogen-bond donors (Lipinski definition) is 2. The molecule has 1 aromatic carbocycles. The van der Waals surface area contributed by atoms with Crippen LogP contribution in [0.5, 0.6) is 0 Å². The maximum absolute atomic E-state index is 9.03. The highest BCUT2D eigenvalue weighted by Gasteiger charge is 2.08. The molecule has 4 nitrogen and oxygen atoms in total. The second-order valence-electron chi connectivity index (χ2n) is 3.84. The number of fused-ring (bicyclic) bond motifs is 1. The van der Waals surface area contributed by atoms with E-state index in [0.717, 1.165) is 24.0 Å². The number of aromatic nitrogens is 2. The first-order valence-corrected chi connectivity index (χ1v) is 5.63. The first-order valence-electron chi connectivity index (χ1n) is 5.63. The number of benzene rings is 1. The third kappa shape index (κ3) is 1.65. The largest absolute Gasteiger partial charge is 0.395 e. The molecule has 0 saturated carbocycles. The third-order valence-corrected chi connectivity index (χ3v) is 2.75. The zero-order valence-electron chi connectivity index (χ0n) is 9.48. The molecule has 86 valence electrons.